The minimum atomic E-state index is -4.48. The third kappa shape index (κ3) is 2.72. The van der Waals surface area contributed by atoms with Crippen molar-refractivity contribution in [2.24, 2.45) is 0 Å². The molecule has 0 aromatic heterocycles. The van der Waals surface area contributed by atoms with Crippen LogP contribution in [-0.2, 0) is 16.5 Å². The molecule has 63 valence electrons. The summed E-state index contributed by atoms with van der Waals surface area (Å²) in [6.45, 7) is 0. The minimum absolute atomic E-state index is 0.502. The Bertz CT molecular complexity index is 181. The Morgan fingerprint density at radius 2 is 1.00 bits per heavy atom. The molecule has 7 heteroatoms. The second-order valence-corrected chi connectivity index (χ2v) is 93.2. The average molecular weight is 660 g/mol. The summed E-state index contributed by atoms with van der Waals surface area (Å²) in [6.07, 6.45) is 0. The SMILES string of the molecule is O=[CH][Ir]([I])([I])([I])([CH]=O)[CH]=O. The standard InChI is InChI=1S/3CHO.3HI.Ir/c3*1-2;;;;/h3*1H;3*1H;/q;;;;;;+3/p-3. The number of hydrogen-bond donors (Lipinski definition) is 0. The molecule has 0 N–H and O–H groups in total. The molecule has 0 radical (unpaired) electrons. The zero-order valence-electron chi connectivity index (χ0n) is 4.42. The molecule has 0 aliphatic heterocycles. The van der Waals surface area contributed by atoms with E-state index in [1.807, 2.05) is 0 Å². The molecule has 0 amide bonds. The fourth-order valence-electron chi connectivity index (χ4n) is 0.0556. The van der Waals surface area contributed by atoms with Gasteiger partial charge in [0.2, 0.25) is 0 Å². The molecule has 0 saturated carbocycles. The van der Waals surface area contributed by atoms with E-state index < -0.39 is 2.13 Å². The van der Waals surface area contributed by atoms with Crippen LogP contribution in [0.3, 0.4) is 0 Å². The van der Waals surface area contributed by atoms with Crippen LogP contribution in [0.25, 0.3) is 0 Å². The van der Waals surface area contributed by atoms with Gasteiger partial charge in [-0.15, -0.1) is 0 Å². The first-order valence-corrected chi connectivity index (χ1v) is 26.2. The van der Waals surface area contributed by atoms with Gasteiger partial charge in [0.05, 0.1) is 0 Å². The molecular weight excluding hydrogens is 657 g/mol. The van der Waals surface area contributed by atoms with Gasteiger partial charge in [0, 0.05) is 0 Å². The molecule has 0 aromatic carbocycles. The maximum absolute atomic E-state index is 10.5. The Balaban J connectivity index is 5.46. The third-order valence-electron chi connectivity index (χ3n) is 0.539. The van der Waals surface area contributed by atoms with Crippen molar-refractivity contribution >= 4 is 73.2 Å². The van der Waals surface area contributed by atoms with Gasteiger partial charge in [-0.1, -0.05) is 0 Å². The molecule has 0 aliphatic rings. The number of hydrogen-bond acceptors (Lipinski definition) is 3. The van der Waals surface area contributed by atoms with Crippen LogP contribution < -0.4 is 0 Å². The van der Waals surface area contributed by atoms with Gasteiger partial charge in [-0.25, -0.2) is 0 Å². The second kappa shape index (κ2) is 2.67. The van der Waals surface area contributed by atoms with Crippen molar-refractivity contribution in [3.05, 3.63) is 0 Å². The summed E-state index contributed by atoms with van der Waals surface area (Å²) in [4.78, 5) is 33.1. The van der Waals surface area contributed by atoms with Gasteiger partial charge in [0.25, 0.3) is 0 Å². The Hall–Kier alpha value is 1.85. The van der Waals surface area contributed by atoms with Crippen molar-refractivity contribution in [3.63, 3.8) is 0 Å². The van der Waals surface area contributed by atoms with Crippen molar-refractivity contribution in [1.82, 2.24) is 0 Å². The summed E-state index contributed by atoms with van der Waals surface area (Å²) in [7, 11) is 0. The van der Waals surface area contributed by atoms with E-state index in [-0.39, 0.29) is 0 Å². The number of halogens is 3. The van der Waals surface area contributed by atoms with Crippen molar-refractivity contribution in [2.45, 2.75) is 0 Å². The van der Waals surface area contributed by atoms with Gasteiger partial charge in [0.15, 0.2) is 0 Å². The van der Waals surface area contributed by atoms with Crippen LogP contribution in [0.1, 0.15) is 0 Å². The summed E-state index contributed by atoms with van der Waals surface area (Å²) in [5.74, 6) is 0. The molecule has 0 aliphatic carbocycles. The fraction of sp³-hybridized carbons (Fsp3) is 0. The van der Waals surface area contributed by atoms with Crippen molar-refractivity contribution < 1.29 is 16.5 Å². The molecule has 0 aromatic rings. The molecule has 0 bridgehead atoms. The molecule has 0 spiro atoms. The molecule has 0 heterocycles. The quantitative estimate of drug-likeness (QED) is 0.344. The number of carbonyl (C=O) groups excluding carboxylic acids is 3. The topological polar surface area (TPSA) is 51.2 Å². The second-order valence-electron chi connectivity index (χ2n) is 1.37. The predicted octanol–water partition coefficient (Wildman–Crippen LogP) is 1.83. The Kier molecular flexibility index (Phi) is 3.17. The summed E-state index contributed by atoms with van der Waals surface area (Å²) in [5.41, 5.74) is 0. The van der Waals surface area contributed by atoms with Crippen LogP contribution in [-0.4, -0.2) is 14.4 Å². The number of carbonyl (C=O) groups is 3. The normalized spacial score (nSPS) is 18.3. The van der Waals surface area contributed by atoms with Crippen molar-refractivity contribution in [3.8, 4) is 0 Å². The fourth-order valence-corrected chi connectivity index (χ4v) is 0.455. The first-order chi connectivity index (χ1) is 4.21. The van der Waals surface area contributed by atoms with Gasteiger partial charge >= 0.3 is 89.7 Å². The monoisotopic (exact) mass is 661 g/mol. The molecular formula is C3H3I3IrO3. The predicted molar refractivity (Wildman–Crippen MR) is 62.3 cm³/mol. The van der Waals surface area contributed by atoms with E-state index in [1.54, 1.807) is 58.8 Å². The van der Waals surface area contributed by atoms with E-state index in [9.17, 15) is 14.4 Å². The van der Waals surface area contributed by atoms with Crippen LogP contribution >= 0.6 is 58.8 Å². The molecule has 0 rings (SSSR count). The molecule has 3 nitrogen and oxygen atoms in total. The summed E-state index contributed by atoms with van der Waals surface area (Å²) < 4.78 is -4.48. The molecule has 0 fully saturated rings. The first kappa shape index (κ1) is 11.8. The van der Waals surface area contributed by atoms with E-state index in [0.29, 0.717) is 14.4 Å². The summed E-state index contributed by atoms with van der Waals surface area (Å²) in [6, 6.07) is 0. The number of rotatable bonds is 3. The van der Waals surface area contributed by atoms with Crippen LogP contribution in [0.15, 0.2) is 0 Å². The molecule has 0 unspecified atom stereocenters. The van der Waals surface area contributed by atoms with Crippen molar-refractivity contribution in [1.29, 1.82) is 0 Å². The van der Waals surface area contributed by atoms with Gasteiger partial charge in [-0.2, -0.15) is 0 Å². The Labute approximate surface area is 87.8 Å². The maximum atomic E-state index is 10.5. The zero-order chi connectivity index (χ0) is 8.53. The first-order valence-electron chi connectivity index (χ1n) is 1.66. The van der Waals surface area contributed by atoms with Gasteiger partial charge in [-0.3, -0.25) is 0 Å². The van der Waals surface area contributed by atoms with E-state index in [4.69, 9.17) is 0 Å². The van der Waals surface area contributed by atoms with Crippen LogP contribution in [0.2, 0.25) is 0 Å². The molecule has 0 saturated heterocycles. The summed E-state index contributed by atoms with van der Waals surface area (Å²) in [5, 5.41) is 0. The molecule has 10 heavy (non-hydrogen) atoms. The van der Waals surface area contributed by atoms with Crippen molar-refractivity contribution in [2.75, 3.05) is 0 Å². The van der Waals surface area contributed by atoms with E-state index >= 15 is 0 Å². The Morgan fingerprint density at radius 3 is 1.00 bits per heavy atom. The van der Waals surface area contributed by atoms with E-state index in [2.05, 4.69) is 0 Å². The van der Waals surface area contributed by atoms with Gasteiger partial charge in [-0.05, 0) is 0 Å². The van der Waals surface area contributed by atoms with Gasteiger partial charge < -0.3 is 0 Å². The van der Waals surface area contributed by atoms with Crippen LogP contribution in [0.5, 0.6) is 0 Å². The average Bonchev–Trinajstić information content (AvgIpc) is 1.90. The van der Waals surface area contributed by atoms with Crippen LogP contribution in [0, 0.1) is 0 Å². The Morgan fingerprint density at radius 1 is 0.800 bits per heavy atom. The van der Waals surface area contributed by atoms with Gasteiger partial charge in [0.1, 0.15) is 0 Å². The van der Waals surface area contributed by atoms with Crippen LogP contribution in [0.4, 0.5) is 0 Å². The van der Waals surface area contributed by atoms with E-state index in [1.165, 1.54) is 0 Å². The molecule has 0 atom stereocenters. The van der Waals surface area contributed by atoms with E-state index in [0.717, 1.165) is 0 Å². The summed E-state index contributed by atoms with van der Waals surface area (Å²) >= 11 is 5.08. The zero-order valence-corrected chi connectivity index (χ0v) is 13.3. The third-order valence-corrected chi connectivity index (χ3v) is 16.9.